The molecule has 0 aliphatic rings. The molecule has 0 saturated heterocycles. The van der Waals surface area contributed by atoms with E-state index in [1.165, 1.54) is 60.7 Å². The molecule has 0 radical (unpaired) electrons. The summed E-state index contributed by atoms with van der Waals surface area (Å²) in [5.74, 6) is -2.95. The Hall–Kier alpha value is -9.00. The smallest absolute Gasteiger partial charge is 0.344 e. The lowest BCUT2D eigenvalue weighted by atomic mass is 10.0. The maximum Gasteiger partial charge on any atom is 0.344 e. The minimum Gasteiger partial charge on any atom is -0.494 e. The summed E-state index contributed by atoms with van der Waals surface area (Å²) >= 11 is 0. The van der Waals surface area contributed by atoms with Gasteiger partial charge in [0.05, 0.1) is 72.9 Å². The Morgan fingerprint density at radius 1 is 0.537 bits per heavy atom. The third-order valence-corrected chi connectivity index (χ3v) is 12.0. The molecule has 0 heterocycles. The molecular weight excluding hydrogens is 1030 g/mol. The highest BCUT2D eigenvalue weighted by Gasteiger charge is 2.25. The van der Waals surface area contributed by atoms with E-state index in [1.807, 2.05) is 6.92 Å². The highest BCUT2D eigenvalue weighted by atomic mass is 16.6. The lowest BCUT2D eigenvalue weighted by Crippen LogP contribution is -2.19. The van der Waals surface area contributed by atoms with E-state index >= 15 is 0 Å². The fourth-order valence-corrected chi connectivity index (χ4v) is 7.70. The van der Waals surface area contributed by atoms with Crippen molar-refractivity contribution in [3.63, 3.8) is 0 Å². The molecule has 2 N–H and O–H groups in total. The summed E-state index contributed by atoms with van der Waals surface area (Å²) in [4.78, 5) is 87.8. The van der Waals surface area contributed by atoms with Crippen LogP contribution in [0.15, 0.2) is 128 Å². The van der Waals surface area contributed by atoms with E-state index in [-0.39, 0.29) is 89.8 Å². The molecule has 5 rings (SSSR count). The predicted octanol–water partition coefficient (Wildman–Crippen LogP) is 12.0. The van der Waals surface area contributed by atoms with Gasteiger partial charge in [-0.05, 0) is 143 Å². The van der Waals surface area contributed by atoms with Gasteiger partial charge in [0.2, 0.25) is 0 Å². The highest BCUT2D eigenvalue weighted by molar-refractivity contribution is 6.06. The van der Waals surface area contributed by atoms with Crippen molar-refractivity contribution >= 4 is 47.2 Å². The normalized spacial score (nSPS) is 11.0. The molecule has 424 valence electrons. The lowest BCUT2D eigenvalue weighted by Gasteiger charge is -2.16. The number of carbonyl (C=O) groups excluding carboxylic acids is 6. The summed E-state index contributed by atoms with van der Waals surface area (Å²) in [7, 11) is 0. The first-order valence-electron chi connectivity index (χ1n) is 26.5. The zero-order valence-electron chi connectivity index (χ0n) is 45.2. The molecular formula is C61H68N2O17. The van der Waals surface area contributed by atoms with Gasteiger partial charge in [0, 0.05) is 42.0 Å². The van der Waals surface area contributed by atoms with Crippen LogP contribution < -0.4 is 29.4 Å². The van der Waals surface area contributed by atoms with E-state index < -0.39 is 40.7 Å². The number of nitrogen functional groups attached to an aromatic ring is 1. The van der Waals surface area contributed by atoms with E-state index in [9.17, 15) is 38.9 Å². The topological polar surface area (TPSA) is 255 Å². The van der Waals surface area contributed by atoms with Gasteiger partial charge in [0.15, 0.2) is 5.75 Å². The van der Waals surface area contributed by atoms with Gasteiger partial charge in [-0.2, -0.15) is 0 Å². The standard InChI is InChI=1S/C61H68N2O17/c1-5-8-9-12-18-42(4)78-55-41-53(62)51(40-54(55)63(70)71)43-19-21-44(22-20-43)58(66)76-37-17-38-77-60(68)52-39-45(59(67)79-48-28-24-46(25-29-48)72-33-13-10-15-35-74-56(64)6-2)23-32-50(52)61(69)80-49-30-26-47(27-31-49)73-34-14-11-16-36-75-57(65)7-3/h6-7,19-32,39-42H,2-3,5,8-18,33-38,62H2,1,4H3/t42-/m0/s1. The van der Waals surface area contributed by atoms with E-state index in [4.69, 9.17) is 48.4 Å². The van der Waals surface area contributed by atoms with Crippen LogP contribution in [0.1, 0.15) is 132 Å². The van der Waals surface area contributed by atoms with Crippen molar-refractivity contribution in [2.45, 2.75) is 97.0 Å². The van der Waals surface area contributed by atoms with Crippen LogP contribution in [0.5, 0.6) is 28.7 Å². The van der Waals surface area contributed by atoms with Crippen LogP contribution in [-0.2, 0) is 28.5 Å². The number of hydrogen-bond donors (Lipinski definition) is 1. The molecule has 0 aliphatic carbocycles. The predicted molar refractivity (Wildman–Crippen MR) is 297 cm³/mol. The van der Waals surface area contributed by atoms with Crippen LogP contribution in [0.4, 0.5) is 11.4 Å². The van der Waals surface area contributed by atoms with E-state index in [2.05, 4.69) is 20.1 Å². The summed E-state index contributed by atoms with van der Waals surface area (Å²) in [5.41, 5.74) is 6.87. The van der Waals surface area contributed by atoms with Crippen LogP contribution >= 0.6 is 0 Å². The Bertz CT molecular complexity index is 2880. The summed E-state index contributed by atoms with van der Waals surface area (Å²) in [5, 5.41) is 12.1. The molecule has 0 aromatic heterocycles. The van der Waals surface area contributed by atoms with Crippen LogP contribution in [0, 0.1) is 10.1 Å². The van der Waals surface area contributed by atoms with Gasteiger partial charge >= 0.3 is 41.5 Å². The number of esters is 6. The van der Waals surface area contributed by atoms with Gasteiger partial charge in [-0.3, -0.25) is 10.1 Å². The minimum absolute atomic E-state index is 0.0512. The molecule has 80 heavy (non-hydrogen) atoms. The Balaban J connectivity index is 1.18. The zero-order chi connectivity index (χ0) is 57.7. The Morgan fingerprint density at radius 2 is 1.04 bits per heavy atom. The Labute approximate surface area is 465 Å². The molecule has 0 unspecified atom stereocenters. The quantitative estimate of drug-likeness (QED) is 0.00578. The third kappa shape index (κ3) is 20.8. The summed E-state index contributed by atoms with van der Waals surface area (Å²) < 4.78 is 49.6. The summed E-state index contributed by atoms with van der Waals surface area (Å²) in [6, 6.07) is 25.2. The average Bonchev–Trinajstić information content (AvgIpc) is 3.46. The largest absolute Gasteiger partial charge is 0.494 e. The molecule has 0 saturated carbocycles. The summed E-state index contributed by atoms with van der Waals surface area (Å²) in [6.07, 6.45) is 11.2. The number of nitrogens with two attached hydrogens (primary N) is 1. The number of benzene rings is 5. The third-order valence-electron chi connectivity index (χ3n) is 12.0. The number of nitro groups is 1. The van der Waals surface area contributed by atoms with Crippen molar-refractivity contribution in [3.05, 3.63) is 161 Å². The van der Waals surface area contributed by atoms with Crippen LogP contribution in [0.2, 0.25) is 0 Å². The van der Waals surface area contributed by atoms with Crippen molar-refractivity contribution in [2.75, 3.05) is 45.4 Å². The number of rotatable bonds is 35. The van der Waals surface area contributed by atoms with Gasteiger partial charge in [-0.25, -0.2) is 28.8 Å². The first-order chi connectivity index (χ1) is 38.7. The Morgan fingerprint density at radius 3 is 1.59 bits per heavy atom. The lowest BCUT2D eigenvalue weighted by molar-refractivity contribution is -0.386. The first kappa shape index (κ1) is 61.8. The molecule has 0 aliphatic heterocycles. The van der Waals surface area contributed by atoms with Gasteiger partial charge in [0.1, 0.15) is 23.0 Å². The molecule has 0 spiro atoms. The van der Waals surface area contributed by atoms with Gasteiger partial charge in [0.25, 0.3) is 0 Å². The number of carbonyl (C=O) groups is 6. The fraction of sp³-hybridized carbons (Fsp3) is 0.344. The molecule has 19 heteroatoms. The molecule has 1 atom stereocenters. The molecule has 5 aromatic rings. The van der Waals surface area contributed by atoms with Gasteiger partial charge < -0.3 is 48.4 Å². The second-order valence-corrected chi connectivity index (χ2v) is 18.2. The average molecular weight is 1100 g/mol. The number of nitrogens with zero attached hydrogens (tertiary/aromatic N) is 1. The van der Waals surface area contributed by atoms with Crippen molar-refractivity contribution in [2.24, 2.45) is 0 Å². The van der Waals surface area contributed by atoms with E-state index in [0.29, 0.717) is 61.5 Å². The van der Waals surface area contributed by atoms with Gasteiger partial charge in [-0.1, -0.05) is 51.5 Å². The number of unbranched alkanes of at least 4 members (excludes halogenated alkanes) is 7. The van der Waals surface area contributed by atoms with Crippen molar-refractivity contribution in [1.29, 1.82) is 0 Å². The second-order valence-electron chi connectivity index (χ2n) is 18.2. The maximum absolute atomic E-state index is 13.7. The van der Waals surface area contributed by atoms with Crippen molar-refractivity contribution < 1.29 is 76.3 Å². The molecule has 5 aromatic carbocycles. The van der Waals surface area contributed by atoms with Crippen LogP contribution in [-0.4, -0.2) is 86.5 Å². The van der Waals surface area contributed by atoms with Crippen molar-refractivity contribution in [1.82, 2.24) is 0 Å². The number of anilines is 1. The fourth-order valence-electron chi connectivity index (χ4n) is 7.70. The highest BCUT2D eigenvalue weighted by Crippen LogP contribution is 2.38. The van der Waals surface area contributed by atoms with E-state index in [0.717, 1.165) is 63.2 Å². The number of ether oxygens (including phenoxy) is 9. The molecule has 19 nitrogen and oxygen atoms in total. The number of hydrogen-bond acceptors (Lipinski definition) is 18. The first-order valence-corrected chi connectivity index (χ1v) is 26.5. The van der Waals surface area contributed by atoms with E-state index in [1.54, 1.807) is 36.4 Å². The summed E-state index contributed by atoms with van der Waals surface area (Å²) in [6.45, 7) is 11.7. The zero-order valence-corrected chi connectivity index (χ0v) is 45.2. The SMILES string of the molecule is C=CC(=O)OCCCCCOc1ccc(OC(=O)c2ccc(C(=O)Oc3ccc(OCCCCCOC(=O)C=C)cc3)c(C(=O)OCCCOC(=O)c3ccc(-c4cc([N+](=O)[O-])c(O[C@@H](C)CCCCCC)cc4N)cc3)c2)cc1. The molecule has 0 fully saturated rings. The van der Waals surface area contributed by atoms with Crippen molar-refractivity contribution in [3.8, 4) is 39.9 Å². The van der Waals surface area contributed by atoms with Crippen LogP contribution in [0.3, 0.4) is 0 Å². The monoisotopic (exact) mass is 1100 g/mol. The van der Waals surface area contributed by atoms with Crippen LogP contribution in [0.25, 0.3) is 11.1 Å². The minimum atomic E-state index is -0.980. The molecule has 0 amide bonds. The Kier molecular flexibility index (Phi) is 25.8. The second kappa shape index (κ2) is 33.3. The number of nitro benzene ring substituents is 1. The van der Waals surface area contributed by atoms with Gasteiger partial charge in [-0.15, -0.1) is 0 Å². The maximum atomic E-state index is 13.7. The molecule has 0 bridgehead atoms.